The first-order chi connectivity index (χ1) is 28.7. The number of unbranched alkanes of at least 4 members (excludes halogenated alkanes) is 32. The van der Waals surface area contributed by atoms with E-state index in [0.29, 0.717) is 19.3 Å². The molecule has 0 rings (SSSR count). The van der Waals surface area contributed by atoms with Crippen LogP contribution in [0.25, 0.3) is 0 Å². The minimum atomic E-state index is -0.762. The zero-order valence-corrected chi connectivity index (χ0v) is 40.4. The van der Waals surface area contributed by atoms with E-state index in [1.807, 2.05) is 0 Å². The Hall–Kier alpha value is -1.59. The van der Waals surface area contributed by atoms with E-state index in [1.165, 1.54) is 180 Å². The van der Waals surface area contributed by atoms with Crippen molar-refractivity contribution in [3.63, 3.8) is 0 Å². The second-order valence-electron chi connectivity index (χ2n) is 19.1. The highest BCUT2D eigenvalue weighted by molar-refractivity contribution is 5.71. The molecule has 0 aliphatic carbocycles. The lowest BCUT2D eigenvalue weighted by atomic mass is 10.0. The van der Waals surface area contributed by atoms with E-state index in [2.05, 4.69) is 34.6 Å². The molecule has 0 fully saturated rings. The molecule has 0 saturated heterocycles. The van der Waals surface area contributed by atoms with Gasteiger partial charge in [0.1, 0.15) is 13.2 Å². The summed E-state index contributed by atoms with van der Waals surface area (Å²) in [5, 5.41) is 0. The molecule has 1 atom stereocenters. The van der Waals surface area contributed by atoms with Crippen molar-refractivity contribution in [1.29, 1.82) is 0 Å². The quantitative estimate of drug-likeness (QED) is 0.0345. The summed E-state index contributed by atoms with van der Waals surface area (Å²) in [6.45, 7) is 11.4. The summed E-state index contributed by atoms with van der Waals surface area (Å²) < 4.78 is 16.8. The standard InChI is InChI=1S/C53H102O6/c1-6-7-8-9-10-11-12-13-14-15-18-24-30-35-40-45-53(56)59-50(47-58-52(55)44-39-34-29-25-20-22-27-32-37-42-49(4)5)46-57-51(54)43-38-33-28-23-19-16-17-21-26-31-36-41-48(2)3/h48-50H,6-47H2,1-5H3/t50-/m1/s1. The van der Waals surface area contributed by atoms with Crippen LogP contribution in [-0.4, -0.2) is 37.2 Å². The maximum absolute atomic E-state index is 12.8. The van der Waals surface area contributed by atoms with Crippen molar-refractivity contribution in [2.75, 3.05) is 13.2 Å². The normalized spacial score (nSPS) is 12.1. The van der Waals surface area contributed by atoms with Gasteiger partial charge >= 0.3 is 17.9 Å². The van der Waals surface area contributed by atoms with Gasteiger partial charge in [-0.05, 0) is 31.1 Å². The summed E-state index contributed by atoms with van der Waals surface area (Å²) in [6.07, 6.45) is 46.6. The largest absolute Gasteiger partial charge is 0.462 e. The molecular weight excluding hydrogens is 733 g/mol. The molecule has 59 heavy (non-hydrogen) atoms. The summed E-state index contributed by atoms with van der Waals surface area (Å²) in [4.78, 5) is 38.0. The summed E-state index contributed by atoms with van der Waals surface area (Å²) in [6, 6.07) is 0. The Morgan fingerprint density at radius 2 is 0.559 bits per heavy atom. The van der Waals surface area contributed by atoms with E-state index < -0.39 is 6.10 Å². The van der Waals surface area contributed by atoms with Crippen LogP contribution in [-0.2, 0) is 28.6 Å². The first-order valence-electron chi connectivity index (χ1n) is 26.2. The SMILES string of the molecule is CCCCCCCCCCCCCCCCCC(=O)O[C@H](COC(=O)CCCCCCCCCCCCCC(C)C)COC(=O)CCCCCCCCCCCC(C)C. The molecule has 0 spiro atoms. The van der Waals surface area contributed by atoms with Gasteiger partial charge in [0.05, 0.1) is 0 Å². The zero-order valence-electron chi connectivity index (χ0n) is 40.4. The van der Waals surface area contributed by atoms with Gasteiger partial charge in [-0.2, -0.15) is 0 Å². The molecule has 0 bridgehead atoms. The Balaban J connectivity index is 4.32. The van der Waals surface area contributed by atoms with Crippen molar-refractivity contribution in [3.8, 4) is 0 Å². The van der Waals surface area contributed by atoms with Gasteiger partial charge in [-0.15, -0.1) is 0 Å². The van der Waals surface area contributed by atoms with E-state index in [-0.39, 0.29) is 31.1 Å². The fourth-order valence-electron chi connectivity index (χ4n) is 7.99. The van der Waals surface area contributed by atoms with Crippen LogP contribution in [0.1, 0.15) is 291 Å². The lowest BCUT2D eigenvalue weighted by Gasteiger charge is -2.18. The maximum atomic E-state index is 12.8. The predicted molar refractivity (Wildman–Crippen MR) is 252 cm³/mol. The molecule has 0 N–H and O–H groups in total. The van der Waals surface area contributed by atoms with E-state index in [9.17, 15) is 14.4 Å². The molecule has 0 aromatic heterocycles. The molecule has 0 heterocycles. The van der Waals surface area contributed by atoms with Crippen LogP contribution in [0.15, 0.2) is 0 Å². The van der Waals surface area contributed by atoms with Crippen molar-refractivity contribution >= 4 is 17.9 Å². The molecule has 0 amide bonds. The highest BCUT2D eigenvalue weighted by Gasteiger charge is 2.19. The summed E-state index contributed by atoms with van der Waals surface area (Å²) in [7, 11) is 0. The lowest BCUT2D eigenvalue weighted by molar-refractivity contribution is -0.167. The molecule has 6 nitrogen and oxygen atoms in total. The van der Waals surface area contributed by atoms with Crippen LogP contribution in [0.4, 0.5) is 0 Å². The third kappa shape index (κ3) is 47.3. The second kappa shape index (κ2) is 45.9. The van der Waals surface area contributed by atoms with Crippen LogP contribution < -0.4 is 0 Å². The van der Waals surface area contributed by atoms with Crippen molar-refractivity contribution in [2.24, 2.45) is 11.8 Å². The van der Waals surface area contributed by atoms with Gasteiger partial charge in [0.15, 0.2) is 6.10 Å². The molecule has 0 aliphatic heterocycles. The topological polar surface area (TPSA) is 78.9 Å². The van der Waals surface area contributed by atoms with Crippen LogP contribution in [0, 0.1) is 11.8 Å². The number of esters is 3. The molecule has 0 unspecified atom stereocenters. The molecular formula is C53H102O6. The van der Waals surface area contributed by atoms with Crippen LogP contribution in [0.2, 0.25) is 0 Å². The highest BCUT2D eigenvalue weighted by atomic mass is 16.6. The maximum Gasteiger partial charge on any atom is 0.306 e. The fraction of sp³-hybridized carbons (Fsp3) is 0.943. The smallest absolute Gasteiger partial charge is 0.306 e. The molecule has 0 radical (unpaired) electrons. The summed E-state index contributed by atoms with van der Waals surface area (Å²) in [5.74, 6) is 0.788. The second-order valence-corrected chi connectivity index (χ2v) is 19.1. The van der Waals surface area contributed by atoms with E-state index >= 15 is 0 Å². The molecule has 350 valence electrons. The first kappa shape index (κ1) is 57.4. The number of hydrogen-bond acceptors (Lipinski definition) is 6. The van der Waals surface area contributed by atoms with Crippen molar-refractivity contribution in [1.82, 2.24) is 0 Å². The molecule has 0 aromatic carbocycles. The summed E-state index contributed by atoms with van der Waals surface area (Å²) >= 11 is 0. The average molecular weight is 835 g/mol. The molecule has 0 aromatic rings. The number of rotatable bonds is 47. The molecule has 6 heteroatoms. The average Bonchev–Trinajstić information content (AvgIpc) is 3.20. The van der Waals surface area contributed by atoms with Gasteiger partial charge in [-0.25, -0.2) is 0 Å². The van der Waals surface area contributed by atoms with Crippen molar-refractivity contribution in [3.05, 3.63) is 0 Å². The fourth-order valence-corrected chi connectivity index (χ4v) is 7.99. The van der Waals surface area contributed by atoms with E-state index in [4.69, 9.17) is 14.2 Å². The Morgan fingerprint density at radius 3 is 0.831 bits per heavy atom. The lowest BCUT2D eigenvalue weighted by Crippen LogP contribution is -2.30. The van der Waals surface area contributed by atoms with Gasteiger partial charge in [0.2, 0.25) is 0 Å². The molecule has 0 saturated carbocycles. The number of carbonyl (C=O) groups is 3. The highest BCUT2D eigenvalue weighted by Crippen LogP contribution is 2.17. The summed E-state index contributed by atoms with van der Waals surface area (Å²) in [5.41, 5.74) is 0. The van der Waals surface area contributed by atoms with Crippen LogP contribution in [0.3, 0.4) is 0 Å². The minimum Gasteiger partial charge on any atom is -0.462 e. The number of hydrogen-bond donors (Lipinski definition) is 0. The third-order valence-corrected chi connectivity index (χ3v) is 12.0. The predicted octanol–water partition coefficient (Wildman–Crippen LogP) is 16.9. The number of carbonyl (C=O) groups excluding carboxylic acids is 3. The van der Waals surface area contributed by atoms with Gasteiger partial charge < -0.3 is 14.2 Å². The van der Waals surface area contributed by atoms with Gasteiger partial charge in [0.25, 0.3) is 0 Å². The molecule has 0 aliphatic rings. The van der Waals surface area contributed by atoms with Gasteiger partial charge in [-0.3, -0.25) is 14.4 Å². The van der Waals surface area contributed by atoms with Gasteiger partial charge in [0, 0.05) is 19.3 Å². The Kier molecular flexibility index (Phi) is 44.7. The van der Waals surface area contributed by atoms with Crippen LogP contribution >= 0.6 is 0 Å². The monoisotopic (exact) mass is 835 g/mol. The van der Waals surface area contributed by atoms with Crippen molar-refractivity contribution in [2.45, 2.75) is 298 Å². The van der Waals surface area contributed by atoms with Crippen molar-refractivity contribution < 1.29 is 28.6 Å². The third-order valence-electron chi connectivity index (χ3n) is 12.0. The van der Waals surface area contributed by atoms with E-state index in [1.54, 1.807) is 0 Å². The Morgan fingerprint density at radius 1 is 0.322 bits per heavy atom. The van der Waals surface area contributed by atoms with E-state index in [0.717, 1.165) is 69.6 Å². The number of ether oxygens (including phenoxy) is 3. The Bertz CT molecular complexity index is 900. The van der Waals surface area contributed by atoms with Crippen LogP contribution in [0.5, 0.6) is 0 Å². The Labute approximate surface area is 368 Å². The zero-order chi connectivity index (χ0) is 43.3. The van der Waals surface area contributed by atoms with Gasteiger partial charge in [-0.1, -0.05) is 253 Å². The minimum absolute atomic E-state index is 0.0638. The first-order valence-corrected chi connectivity index (χ1v) is 26.2.